The Morgan fingerprint density at radius 3 is 2.33 bits per heavy atom. The van der Waals surface area contributed by atoms with Gasteiger partial charge in [0.1, 0.15) is 17.6 Å². The van der Waals surface area contributed by atoms with E-state index in [-0.39, 0.29) is 0 Å². The highest BCUT2D eigenvalue weighted by Gasteiger charge is 1.99. The predicted octanol–water partition coefficient (Wildman–Crippen LogP) is 0.880. The topological polar surface area (TPSA) is 39.9 Å². The van der Waals surface area contributed by atoms with Crippen LogP contribution in [0, 0.1) is 0 Å². The van der Waals surface area contributed by atoms with Crippen molar-refractivity contribution >= 4 is 11.0 Å². The Kier molecular flexibility index (Phi) is 1.66. The number of aromatic nitrogens is 3. The second kappa shape index (κ2) is 2.81. The summed E-state index contributed by atoms with van der Waals surface area (Å²) in [6.45, 7) is 2.47. The van der Waals surface area contributed by atoms with Crippen LogP contribution in [-0.4, -0.2) is 21.8 Å². The monoisotopic (exact) mass is 163 g/mol. The van der Waals surface area contributed by atoms with E-state index in [9.17, 15) is 0 Å². The summed E-state index contributed by atoms with van der Waals surface area (Å²) in [7, 11) is 0. The van der Waals surface area contributed by atoms with Gasteiger partial charge in [0.15, 0.2) is 0 Å². The van der Waals surface area contributed by atoms with Crippen LogP contribution in [0.4, 0.5) is 0 Å². The molecule has 0 atom stereocenters. The van der Waals surface area contributed by atoms with Gasteiger partial charge in [-0.15, -0.1) is 10.2 Å². The van der Waals surface area contributed by atoms with Crippen LogP contribution in [0.5, 0.6) is 0 Å². The van der Waals surface area contributed by atoms with E-state index in [1.807, 2.05) is 31.2 Å². The number of fused-ring (bicyclic) bond motifs is 1. The van der Waals surface area contributed by atoms with Crippen molar-refractivity contribution in [1.82, 2.24) is 15.2 Å². The van der Waals surface area contributed by atoms with Crippen LogP contribution in [0.15, 0.2) is 24.3 Å². The molecule has 1 heterocycles. The highest BCUT2D eigenvalue weighted by molar-refractivity contribution is 5.72. The van der Waals surface area contributed by atoms with Crippen molar-refractivity contribution in [1.29, 1.82) is 0 Å². The van der Waals surface area contributed by atoms with Crippen LogP contribution in [0.3, 0.4) is 0 Å². The zero-order chi connectivity index (χ0) is 8.39. The molecule has 0 N–H and O–H groups in total. The van der Waals surface area contributed by atoms with Crippen molar-refractivity contribution in [2.45, 2.75) is 6.92 Å². The summed E-state index contributed by atoms with van der Waals surface area (Å²) in [4.78, 5) is 6.34. The van der Waals surface area contributed by atoms with Crippen molar-refractivity contribution in [3.8, 4) is 0 Å². The third-order valence-electron chi connectivity index (χ3n) is 1.51. The summed E-state index contributed by atoms with van der Waals surface area (Å²) < 4.78 is 0. The maximum absolute atomic E-state index is 5.09. The molecule has 1 aromatic carbocycles. The third kappa shape index (κ3) is 1.11. The largest absolute Gasteiger partial charge is 0.382 e. The van der Waals surface area contributed by atoms with Gasteiger partial charge in [-0.2, -0.15) is 0 Å². The van der Waals surface area contributed by atoms with Crippen LogP contribution in [0.2, 0.25) is 0 Å². The van der Waals surface area contributed by atoms with E-state index in [1.54, 1.807) is 0 Å². The van der Waals surface area contributed by atoms with E-state index in [0.29, 0.717) is 6.61 Å². The van der Waals surface area contributed by atoms with Gasteiger partial charge in [0.2, 0.25) is 0 Å². The van der Waals surface area contributed by atoms with Gasteiger partial charge in [-0.3, -0.25) is 0 Å². The Bertz CT molecular complexity index is 349. The highest BCUT2D eigenvalue weighted by Crippen LogP contribution is 2.05. The Morgan fingerprint density at radius 2 is 1.83 bits per heavy atom. The van der Waals surface area contributed by atoms with E-state index in [2.05, 4.69) is 10.2 Å². The third-order valence-corrected chi connectivity index (χ3v) is 1.51. The van der Waals surface area contributed by atoms with Crippen LogP contribution in [-0.2, 0) is 0 Å². The zero-order valence-corrected chi connectivity index (χ0v) is 6.77. The van der Waals surface area contributed by atoms with Crippen LogP contribution in [0.1, 0.15) is 6.92 Å². The summed E-state index contributed by atoms with van der Waals surface area (Å²) in [5, 5.41) is 8.17. The van der Waals surface area contributed by atoms with Gasteiger partial charge < -0.3 is 4.84 Å². The molecule has 0 amide bonds. The average Bonchev–Trinajstić information content (AvgIpc) is 2.47. The molecule has 0 aliphatic carbocycles. The number of nitrogens with zero attached hydrogens (tertiary/aromatic N) is 3. The molecule has 4 heteroatoms. The van der Waals surface area contributed by atoms with Gasteiger partial charge in [-0.1, -0.05) is 12.1 Å². The fourth-order valence-electron chi connectivity index (χ4n) is 1.01. The first-order valence-electron chi connectivity index (χ1n) is 3.85. The van der Waals surface area contributed by atoms with E-state index in [4.69, 9.17) is 4.84 Å². The summed E-state index contributed by atoms with van der Waals surface area (Å²) >= 11 is 0. The molecular weight excluding hydrogens is 154 g/mol. The molecule has 12 heavy (non-hydrogen) atoms. The highest BCUT2D eigenvalue weighted by atomic mass is 16.7. The van der Waals surface area contributed by atoms with Crippen molar-refractivity contribution < 1.29 is 4.84 Å². The molecule has 0 fully saturated rings. The lowest BCUT2D eigenvalue weighted by atomic mass is 10.3. The molecule has 0 saturated carbocycles. The molecule has 0 saturated heterocycles. The molecule has 0 unspecified atom stereocenters. The minimum absolute atomic E-state index is 0.570. The van der Waals surface area contributed by atoms with E-state index >= 15 is 0 Å². The second-order valence-electron chi connectivity index (χ2n) is 2.36. The molecule has 0 aliphatic heterocycles. The van der Waals surface area contributed by atoms with E-state index in [1.165, 1.54) is 4.96 Å². The SMILES string of the molecule is CCOn1nc2ccccc2n1. The number of rotatable bonds is 2. The lowest BCUT2D eigenvalue weighted by Gasteiger charge is -1.95. The number of hydrogen-bond acceptors (Lipinski definition) is 3. The summed E-state index contributed by atoms with van der Waals surface area (Å²) in [6, 6.07) is 7.65. The molecule has 4 nitrogen and oxygen atoms in total. The summed E-state index contributed by atoms with van der Waals surface area (Å²) in [6.07, 6.45) is 0. The van der Waals surface area contributed by atoms with Gasteiger partial charge in [-0.05, 0) is 24.0 Å². The van der Waals surface area contributed by atoms with Gasteiger partial charge in [0.25, 0.3) is 0 Å². The van der Waals surface area contributed by atoms with Crippen molar-refractivity contribution in [2.24, 2.45) is 0 Å². The minimum atomic E-state index is 0.570. The maximum atomic E-state index is 5.09. The molecule has 0 bridgehead atoms. The maximum Gasteiger partial charge on any atom is 0.116 e. The first-order chi connectivity index (χ1) is 5.90. The van der Waals surface area contributed by atoms with Crippen LogP contribution in [0.25, 0.3) is 11.0 Å². The first-order valence-corrected chi connectivity index (χ1v) is 3.85. The Hall–Kier alpha value is -1.58. The van der Waals surface area contributed by atoms with Crippen molar-refractivity contribution in [2.75, 3.05) is 6.61 Å². The Labute approximate surface area is 69.7 Å². The van der Waals surface area contributed by atoms with Gasteiger partial charge in [0.05, 0.1) is 0 Å². The smallest absolute Gasteiger partial charge is 0.116 e. The predicted molar refractivity (Wildman–Crippen MR) is 44.6 cm³/mol. The zero-order valence-electron chi connectivity index (χ0n) is 6.77. The molecule has 0 spiro atoms. The molecule has 62 valence electrons. The van der Waals surface area contributed by atoms with E-state index in [0.717, 1.165) is 11.0 Å². The normalized spacial score (nSPS) is 10.4. The van der Waals surface area contributed by atoms with Crippen LogP contribution < -0.4 is 4.84 Å². The van der Waals surface area contributed by atoms with E-state index < -0.39 is 0 Å². The molecule has 1 aromatic heterocycles. The standard InChI is InChI=1S/C8H9N3O/c1-2-12-11-9-7-5-3-4-6-8(7)10-11/h3-6H,2H2,1H3. The molecule has 2 rings (SSSR count). The second-order valence-corrected chi connectivity index (χ2v) is 2.36. The Balaban J connectivity index is 2.47. The fraction of sp³-hybridized carbons (Fsp3) is 0.250. The fourth-order valence-corrected chi connectivity index (χ4v) is 1.01. The molecular formula is C8H9N3O. The quantitative estimate of drug-likeness (QED) is 0.659. The lowest BCUT2D eigenvalue weighted by Crippen LogP contribution is -2.13. The molecule has 0 aliphatic rings. The van der Waals surface area contributed by atoms with Gasteiger partial charge in [-0.25, -0.2) is 0 Å². The minimum Gasteiger partial charge on any atom is -0.382 e. The lowest BCUT2D eigenvalue weighted by molar-refractivity contribution is 0.0648. The summed E-state index contributed by atoms with van der Waals surface area (Å²) in [5.41, 5.74) is 1.71. The van der Waals surface area contributed by atoms with Crippen molar-refractivity contribution in [3.63, 3.8) is 0 Å². The van der Waals surface area contributed by atoms with Crippen molar-refractivity contribution in [3.05, 3.63) is 24.3 Å². The number of hydrogen-bond donors (Lipinski definition) is 0. The summed E-state index contributed by atoms with van der Waals surface area (Å²) in [5.74, 6) is 0. The first kappa shape index (κ1) is 7.09. The average molecular weight is 163 g/mol. The van der Waals surface area contributed by atoms with Gasteiger partial charge in [0, 0.05) is 0 Å². The van der Waals surface area contributed by atoms with Crippen LogP contribution >= 0.6 is 0 Å². The molecule has 0 radical (unpaired) electrons. The Morgan fingerprint density at radius 1 is 1.25 bits per heavy atom. The number of benzene rings is 1. The molecule has 2 aromatic rings. The van der Waals surface area contributed by atoms with Gasteiger partial charge >= 0.3 is 0 Å².